The minimum atomic E-state index is -0.520. The molecule has 1 aromatic carbocycles. The highest BCUT2D eigenvalue weighted by molar-refractivity contribution is 5.99. The van der Waals surface area contributed by atoms with Gasteiger partial charge in [-0.3, -0.25) is 4.79 Å². The summed E-state index contributed by atoms with van der Waals surface area (Å²) in [7, 11) is 0. The number of nitriles is 1. The molecule has 0 radical (unpaired) electrons. The average Bonchev–Trinajstić information content (AvgIpc) is 2.24. The zero-order valence-electron chi connectivity index (χ0n) is 8.17. The third-order valence-corrected chi connectivity index (χ3v) is 1.92. The number of nitrogens with zero attached hydrogens (tertiary/aromatic N) is 1. The Morgan fingerprint density at radius 3 is 2.87 bits per heavy atom. The molecule has 0 saturated heterocycles. The summed E-state index contributed by atoms with van der Waals surface area (Å²) >= 11 is 0. The second-order valence-electron chi connectivity index (χ2n) is 2.94. The number of rotatable bonds is 2. The predicted octanol–water partition coefficient (Wildman–Crippen LogP) is 2.13. The molecule has 0 atom stereocenters. The highest BCUT2D eigenvalue weighted by Gasteiger charge is 2.08. The van der Waals surface area contributed by atoms with Crippen LogP contribution in [0.1, 0.15) is 11.1 Å². The Morgan fingerprint density at radius 2 is 2.33 bits per heavy atom. The third-order valence-electron chi connectivity index (χ3n) is 1.92. The first kappa shape index (κ1) is 10.9. The molecule has 15 heavy (non-hydrogen) atoms. The number of hydrogen-bond acceptors (Lipinski definition) is 2. The molecule has 0 aliphatic heterocycles. The van der Waals surface area contributed by atoms with E-state index in [2.05, 4.69) is 11.9 Å². The number of hydrogen-bond donors (Lipinski definition) is 1. The Balaban J connectivity index is 3.17. The minimum absolute atomic E-state index is 0.164. The van der Waals surface area contributed by atoms with Gasteiger partial charge in [-0.05, 0) is 25.1 Å². The molecule has 0 saturated carbocycles. The van der Waals surface area contributed by atoms with E-state index < -0.39 is 11.7 Å². The van der Waals surface area contributed by atoms with Gasteiger partial charge in [0.05, 0.1) is 11.6 Å². The van der Waals surface area contributed by atoms with E-state index in [-0.39, 0.29) is 11.3 Å². The Labute approximate surface area is 86.8 Å². The monoisotopic (exact) mass is 204 g/mol. The topological polar surface area (TPSA) is 52.9 Å². The first-order chi connectivity index (χ1) is 7.08. The van der Waals surface area contributed by atoms with Gasteiger partial charge < -0.3 is 5.32 Å². The van der Waals surface area contributed by atoms with Gasteiger partial charge in [0.25, 0.3) is 0 Å². The van der Waals surface area contributed by atoms with E-state index in [1.165, 1.54) is 13.0 Å². The van der Waals surface area contributed by atoms with Gasteiger partial charge >= 0.3 is 0 Å². The van der Waals surface area contributed by atoms with E-state index in [1.54, 1.807) is 0 Å². The zero-order chi connectivity index (χ0) is 11.4. The Hall–Kier alpha value is -2.15. The molecule has 0 heterocycles. The van der Waals surface area contributed by atoms with Crippen LogP contribution in [0.15, 0.2) is 24.8 Å². The standard InChI is InChI=1S/C11H9FN2O/c1-3-11(15)14-10-5-8(6-13)4-9(12)7(10)2/h3-5H,1H2,2H3,(H,14,15). The van der Waals surface area contributed by atoms with Crippen LogP contribution >= 0.6 is 0 Å². The van der Waals surface area contributed by atoms with E-state index in [0.717, 1.165) is 12.1 Å². The molecule has 0 aliphatic rings. The second kappa shape index (κ2) is 4.38. The fourth-order valence-corrected chi connectivity index (χ4v) is 1.06. The van der Waals surface area contributed by atoms with Crippen molar-refractivity contribution in [3.05, 3.63) is 41.7 Å². The smallest absolute Gasteiger partial charge is 0.247 e. The maximum atomic E-state index is 13.3. The number of carbonyl (C=O) groups is 1. The second-order valence-corrected chi connectivity index (χ2v) is 2.94. The fourth-order valence-electron chi connectivity index (χ4n) is 1.06. The van der Waals surface area contributed by atoms with Crippen molar-refractivity contribution in [1.82, 2.24) is 0 Å². The van der Waals surface area contributed by atoms with Crippen LogP contribution in [-0.4, -0.2) is 5.91 Å². The first-order valence-corrected chi connectivity index (χ1v) is 4.22. The molecular weight excluding hydrogens is 195 g/mol. The van der Waals surface area contributed by atoms with E-state index in [1.807, 2.05) is 6.07 Å². The molecule has 0 spiro atoms. The highest BCUT2D eigenvalue weighted by atomic mass is 19.1. The lowest BCUT2D eigenvalue weighted by atomic mass is 10.1. The SMILES string of the molecule is C=CC(=O)Nc1cc(C#N)cc(F)c1C. The summed E-state index contributed by atoms with van der Waals surface area (Å²) < 4.78 is 13.3. The van der Waals surface area contributed by atoms with E-state index in [4.69, 9.17) is 5.26 Å². The van der Waals surface area contributed by atoms with E-state index >= 15 is 0 Å². The molecule has 0 fully saturated rings. The van der Waals surface area contributed by atoms with Gasteiger partial charge in [0.15, 0.2) is 0 Å². The molecule has 1 rings (SSSR count). The molecule has 4 heteroatoms. The van der Waals surface area contributed by atoms with Crippen molar-refractivity contribution in [2.24, 2.45) is 0 Å². The molecule has 1 amide bonds. The Morgan fingerprint density at radius 1 is 1.67 bits per heavy atom. The minimum Gasteiger partial charge on any atom is -0.322 e. The van der Waals surface area contributed by atoms with Gasteiger partial charge in [0, 0.05) is 11.3 Å². The molecule has 0 bridgehead atoms. The predicted molar refractivity (Wildman–Crippen MR) is 54.7 cm³/mol. The van der Waals surface area contributed by atoms with Gasteiger partial charge in [-0.2, -0.15) is 5.26 Å². The van der Waals surface area contributed by atoms with Crippen LogP contribution in [-0.2, 0) is 4.79 Å². The molecule has 1 aromatic rings. The lowest BCUT2D eigenvalue weighted by molar-refractivity contribution is -0.111. The van der Waals surface area contributed by atoms with Gasteiger partial charge in [0.2, 0.25) is 5.91 Å². The number of nitrogens with one attached hydrogen (secondary N) is 1. The molecule has 3 nitrogen and oxygen atoms in total. The van der Waals surface area contributed by atoms with E-state index in [9.17, 15) is 9.18 Å². The number of anilines is 1. The summed E-state index contributed by atoms with van der Waals surface area (Å²) in [4.78, 5) is 11.0. The van der Waals surface area contributed by atoms with Crippen molar-refractivity contribution in [2.75, 3.05) is 5.32 Å². The van der Waals surface area contributed by atoms with Crippen molar-refractivity contribution in [3.8, 4) is 6.07 Å². The molecule has 0 aliphatic carbocycles. The average molecular weight is 204 g/mol. The fraction of sp³-hybridized carbons (Fsp3) is 0.0909. The number of benzene rings is 1. The Bertz CT molecular complexity index is 460. The normalized spacial score (nSPS) is 9.13. The van der Waals surface area contributed by atoms with Gasteiger partial charge in [0.1, 0.15) is 5.82 Å². The van der Waals surface area contributed by atoms with Gasteiger partial charge in [-0.25, -0.2) is 4.39 Å². The van der Waals surface area contributed by atoms with Crippen molar-refractivity contribution in [3.63, 3.8) is 0 Å². The number of halogens is 1. The van der Waals surface area contributed by atoms with Crippen molar-refractivity contribution in [1.29, 1.82) is 5.26 Å². The largest absolute Gasteiger partial charge is 0.322 e. The van der Waals surface area contributed by atoms with Crippen molar-refractivity contribution >= 4 is 11.6 Å². The Kier molecular flexibility index (Phi) is 3.19. The lowest BCUT2D eigenvalue weighted by Crippen LogP contribution is -2.09. The summed E-state index contributed by atoms with van der Waals surface area (Å²) in [6, 6.07) is 4.35. The third kappa shape index (κ3) is 2.41. The highest BCUT2D eigenvalue weighted by Crippen LogP contribution is 2.20. The summed E-state index contributed by atoms with van der Waals surface area (Å²) in [5.74, 6) is -0.957. The van der Waals surface area contributed by atoms with Crippen LogP contribution in [0.25, 0.3) is 0 Å². The quantitative estimate of drug-likeness (QED) is 0.750. The van der Waals surface area contributed by atoms with E-state index in [0.29, 0.717) is 5.56 Å². The summed E-state index contributed by atoms with van der Waals surface area (Å²) in [6.07, 6.45) is 1.08. The molecule has 0 aromatic heterocycles. The van der Waals surface area contributed by atoms with Crippen LogP contribution in [0.5, 0.6) is 0 Å². The first-order valence-electron chi connectivity index (χ1n) is 4.22. The number of amides is 1. The lowest BCUT2D eigenvalue weighted by Gasteiger charge is -2.07. The van der Waals surface area contributed by atoms with Crippen LogP contribution in [0.4, 0.5) is 10.1 Å². The van der Waals surface area contributed by atoms with Gasteiger partial charge in [-0.15, -0.1) is 0 Å². The van der Waals surface area contributed by atoms with Crippen LogP contribution < -0.4 is 5.32 Å². The van der Waals surface area contributed by atoms with Gasteiger partial charge in [-0.1, -0.05) is 6.58 Å². The zero-order valence-corrected chi connectivity index (χ0v) is 8.17. The van der Waals surface area contributed by atoms with Crippen LogP contribution in [0.2, 0.25) is 0 Å². The van der Waals surface area contributed by atoms with Crippen molar-refractivity contribution in [2.45, 2.75) is 6.92 Å². The van der Waals surface area contributed by atoms with Crippen molar-refractivity contribution < 1.29 is 9.18 Å². The van der Waals surface area contributed by atoms with Crippen LogP contribution in [0, 0.1) is 24.1 Å². The maximum Gasteiger partial charge on any atom is 0.247 e. The van der Waals surface area contributed by atoms with Crippen LogP contribution in [0.3, 0.4) is 0 Å². The maximum absolute atomic E-state index is 13.3. The molecule has 1 N–H and O–H groups in total. The summed E-state index contributed by atoms with van der Waals surface area (Å²) in [5, 5.41) is 11.0. The molecule has 0 unspecified atom stereocenters. The summed E-state index contributed by atoms with van der Waals surface area (Å²) in [5.41, 5.74) is 0.748. The summed E-state index contributed by atoms with van der Waals surface area (Å²) in [6.45, 7) is 4.80. The molecular formula is C11H9FN2O. The number of carbonyl (C=O) groups excluding carboxylic acids is 1. The molecule has 76 valence electrons.